The highest BCUT2D eigenvalue weighted by molar-refractivity contribution is 7.92. The summed E-state index contributed by atoms with van der Waals surface area (Å²) in [5.74, 6) is -0.871. The number of non-ortho nitro benzene ring substituents is 1. The predicted octanol–water partition coefficient (Wildman–Crippen LogP) is 3.12. The second-order valence-corrected chi connectivity index (χ2v) is 9.01. The minimum Gasteiger partial charge on any atom is -0.462 e. The third-order valence-corrected chi connectivity index (χ3v) is 6.49. The predicted molar refractivity (Wildman–Crippen MR) is 127 cm³/mol. The zero-order chi connectivity index (χ0) is 25.2. The fraction of sp³-hybridized carbons (Fsp3) is 0.227. The SMILES string of the molecule is CCOC(=O)c1c(NS(=O)(=O)c2ccc([N+](=O)[O-])cc2)n(CCOC)c2nc3ccccc3nc12. The van der Waals surface area contributed by atoms with Crippen molar-refractivity contribution in [2.24, 2.45) is 0 Å². The number of rotatable bonds is 9. The minimum absolute atomic E-state index is 0.0547. The van der Waals surface area contributed by atoms with Crippen molar-refractivity contribution < 1.29 is 27.6 Å². The van der Waals surface area contributed by atoms with Gasteiger partial charge in [-0.15, -0.1) is 0 Å². The molecule has 0 saturated carbocycles. The summed E-state index contributed by atoms with van der Waals surface area (Å²) < 4.78 is 40.8. The van der Waals surface area contributed by atoms with Gasteiger partial charge in [-0.05, 0) is 31.2 Å². The molecular formula is C22H21N5O7S. The molecule has 0 radical (unpaired) electrons. The van der Waals surface area contributed by atoms with E-state index in [2.05, 4.69) is 14.7 Å². The van der Waals surface area contributed by atoms with Gasteiger partial charge in [-0.3, -0.25) is 14.8 Å². The molecule has 0 aliphatic heterocycles. The number of nitro groups is 1. The van der Waals surface area contributed by atoms with Crippen LogP contribution in [0.3, 0.4) is 0 Å². The van der Waals surface area contributed by atoms with Crippen LogP contribution in [0.15, 0.2) is 53.4 Å². The smallest absolute Gasteiger partial charge is 0.344 e. The molecule has 0 saturated heterocycles. The van der Waals surface area contributed by atoms with Gasteiger partial charge in [0.1, 0.15) is 16.9 Å². The Morgan fingerprint density at radius 1 is 1.11 bits per heavy atom. The summed E-state index contributed by atoms with van der Waals surface area (Å²) in [4.78, 5) is 32.3. The number of hydrogen-bond acceptors (Lipinski definition) is 9. The van der Waals surface area contributed by atoms with Gasteiger partial charge in [0, 0.05) is 25.8 Å². The zero-order valence-corrected chi connectivity index (χ0v) is 19.6. The van der Waals surface area contributed by atoms with Crippen molar-refractivity contribution in [3.8, 4) is 0 Å². The fourth-order valence-corrected chi connectivity index (χ4v) is 4.61. The monoisotopic (exact) mass is 499 g/mol. The number of benzene rings is 2. The van der Waals surface area contributed by atoms with Crippen LogP contribution in [-0.4, -0.2) is 54.2 Å². The molecule has 4 aromatic rings. The molecule has 0 atom stereocenters. The summed E-state index contributed by atoms with van der Waals surface area (Å²) in [5.41, 5.74) is 1.15. The van der Waals surface area contributed by atoms with E-state index >= 15 is 0 Å². The van der Waals surface area contributed by atoms with Crippen molar-refractivity contribution in [1.29, 1.82) is 0 Å². The van der Waals surface area contributed by atoms with Crippen LogP contribution < -0.4 is 4.72 Å². The number of ether oxygens (including phenoxy) is 2. The molecule has 182 valence electrons. The molecule has 0 amide bonds. The molecule has 4 rings (SSSR count). The van der Waals surface area contributed by atoms with Crippen molar-refractivity contribution in [1.82, 2.24) is 14.5 Å². The summed E-state index contributed by atoms with van der Waals surface area (Å²) in [6, 6.07) is 11.4. The van der Waals surface area contributed by atoms with E-state index in [0.29, 0.717) is 11.0 Å². The fourth-order valence-electron chi connectivity index (χ4n) is 3.54. The van der Waals surface area contributed by atoms with Crippen LogP contribution >= 0.6 is 0 Å². The van der Waals surface area contributed by atoms with E-state index in [1.54, 1.807) is 31.2 Å². The molecule has 0 aliphatic rings. The number of carbonyl (C=O) groups excluding carboxylic acids is 1. The Morgan fingerprint density at radius 2 is 1.77 bits per heavy atom. The first kappa shape index (κ1) is 24.0. The maximum absolute atomic E-state index is 13.2. The molecule has 12 nitrogen and oxygen atoms in total. The molecule has 2 heterocycles. The Morgan fingerprint density at radius 3 is 2.37 bits per heavy atom. The molecule has 0 bridgehead atoms. The van der Waals surface area contributed by atoms with Gasteiger partial charge < -0.3 is 14.0 Å². The highest BCUT2D eigenvalue weighted by Crippen LogP contribution is 2.32. The number of hydrogen-bond donors (Lipinski definition) is 1. The van der Waals surface area contributed by atoms with E-state index in [1.165, 1.54) is 11.7 Å². The lowest BCUT2D eigenvalue weighted by Gasteiger charge is -2.13. The third-order valence-electron chi connectivity index (χ3n) is 5.14. The van der Waals surface area contributed by atoms with Gasteiger partial charge in [0.2, 0.25) is 0 Å². The lowest BCUT2D eigenvalue weighted by atomic mass is 10.2. The normalized spacial score (nSPS) is 11.6. The molecule has 0 spiro atoms. The summed E-state index contributed by atoms with van der Waals surface area (Å²) in [6.07, 6.45) is 0. The number of nitro benzene ring substituents is 1. The largest absolute Gasteiger partial charge is 0.462 e. The molecule has 13 heteroatoms. The van der Waals surface area contributed by atoms with Gasteiger partial charge in [-0.2, -0.15) is 0 Å². The number of carbonyl (C=O) groups is 1. The van der Waals surface area contributed by atoms with Crippen molar-refractivity contribution in [2.45, 2.75) is 18.4 Å². The second-order valence-electron chi connectivity index (χ2n) is 7.33. The summed E-state index contributed by atoms with van der Waals surface area (Å²) >= 11 is 0. The first-order chi connectivity index (χ1) is 16.8. The highest BCUT2D eigenvalue weighted by atomic mass is 32.2. The Balaban J connectivity index is 1.94. The van der Waals surface area contributed by atoms with Gasteiger partial charge in [0.05, 0.1) is 34.1 Å². The zero-order valence-electron chi connectivity index (χ0n) is 18.8. The van der Waals surface area contributed by atoms with Crippen LogP contribution in [0.2, 0.25) is 0 Å². The maximum atomic E-state index is 13.2. The van der Waals surface area contributed by atoms with Crippen molar-refractivity contribution in [3.63, 3.8) is 0 Å². The summed E-state index contributed by atoms with van der Waals surface area (Å²) in [5, 5.41) is 10.9. The number of sulfonamides is 1. The van der Waals surface area contributed by atoms with Crippen LogP contribution in [0, 0.1) is 10.1 Å². The Labute approximate surface area is 199 Å². The van der Waals surface area contributed by atoms with Gasteiger partial charge in [0.15, 0.2) is 5.65 Å². The number of nitrogens with zero attached hydrogens (tertiary/aromatic N) is 4. The summed E-state index contributed by atoms with van der Waals surface area (Å²) in [6.45, 7) is 2.02. The van der Waals surface area contributed by atoms with Crippen LogP contribution in [0.5, 0.6) is 0 Å². The van der Waals surface area contributed by atoms with E-state index in [0.717, 1.165) is 24.3 Å². The molecule has 0 aliphatic carbocycles. The first-order valence-corrected chi connectivity index (χ1v) is 12.0. The van der Waals surface area contributed by atoms with Gasteiger partial charge in [-0.25, -0.2) is 23.2 Å². The standard InChI is InChI=1S/C22H21N5O7S/c1-3-34-22(28)18-19-21(24-17-7-5-4-6-16(17)23-19)26(12-13-33-2)20(18)25-35(31,32)15-10-8-14(9-11-15)27(29)30/h4-11,25H,3,12-13H2,1-2H3. The van der Waals surface area contributed by atoms with E-state index in [-0.39, 0.29) is 52.9 Å². The third kappa shape index (κ3) is 4.63. The molecule has 0 fully saturated rings. The lowest BCUT2D eigenvalue weighted by Crippen LogP contribution is -2.19. The van der Waals surface area contributed by atoms with Gasteiger partial charge in [-0.1, -0.05) is 12.1 Å². The molecular weight excluding hydrogens is 478 g/mol. The number of para-hydroxylation sites is 2. The first-order valence-electron chi connectivity index (χ1n) is 10.5. The summed E-state index contributed by atoms with van der Waals surface area (Å²) in [7, 11) is -2.78. The van der Waals surface area contributed by atoms with E-state index in [9.17, 15) is 23.3 Å². The number of esters is 1. The number of nitrogens with one attached hydrogen (secondary N) is 1. The maximum Gasteiger partial charge on any atom is 0.344 e. The average molecular weight is 500 g/mol. The van der Waals surface area contributed by atoms with Gasteiger partial charge in [0.25, 0.3) is 15.7 Å². The molecule has 2 aromatic heterocycles. The van der Waals surface area contributed by atoms with Gasteiger partial charge >= 0.3 is 5.97 Å². The quantitative estimate of drug-likeness (QED) is 0.208. The molecule has 2 aromatic carbocycles. The number of fused-ring (bicyclic) bond motifs is 2. The lowest BCUT2D eigenvalue weighted by molar-refractivity contribution is -0.384. The van der Waals surface area contributed by atoms with Crippen LogP contribution in [-0.2, 0) is 26.0 Å². The number of methoxy groups -OCH3 is 1. The second kappa shape index (κ2) is 9.64. The van der Waals surface area contributed by atoms with Crippen LogP contribution in [0.1, 0.15) is 17.3 Å². The molecule has 1 N–H and O–H groups in total. The number of anilines is 1. The van der Waals surface area contributed by atoms with E-state index in [4.69, 9.17) is 9.47 Å². The Hall–Kier alpha value is -4.10. The van der Waals surface area contributed by atoms with Crippen LogP contribution in [0.25, 0.3) is 22.2 Å². The highest BCUT2D eigenvalue weighted by Gasteiger charge is 2.30. The Bertz CT molecular complexity index is 1530. The molecule has 0 unspecified atom stereocenters. The van der Waals surface area contributed by atoms with E-state index < -0.39 is 20.9 Å². The molecule has 35 heavy (non-hydrogen) atoms. The van der Waals surface area contributed by atoms with Crippen molar-refractivity contribution in [2.75, 3.05) is 25.0 Å². The average Bonchev–Trinajstić information content (AvgIpc) is 3.12. The minimum atomic E-state index is -4.27. The topological polar surface area (TPSA) is 156 Å². The number of aromatic nitrogens is 3. The van der Waals surface area contributed by atoms with Crippen molar-refractivity contribution >= 4 is 49.7 Å². The van der Waals surface area contributed by atoms with Crippen LogP contribution in [0.4, 0.5) is 11.5 Å². The van der Waals surface area contributed by atoms with Crippen molar-refractivity contribution in [3.05, 3.63) is 64.2 Å². The van der Waals surface area contributed by atoms with E-state index in [1.807, 2.05) is 0 Å². The Kier molecular flexibility index (Phi) is 6.62.